The molecule has 4 nitrogen and oxygen atoms in total. The van der Waals surface area contributed by atoms with Crippen LogP contribution in [0.1, 0.15) is 28.4 Å². The summed E-state index contributed by atoms with van der Waals surface area (Å²) < 4.78 is 0. The largest absolute Gasteiger partial charge is 0.353 e. The maximum Gasteiger partial charge on any atom is 0.251 e. The number of nitrogens with one attached hydrogen (secondary N) is 2. The first-order valence-electron chi connectivity index (χ1n) is 7.49. The van der Waals surface area contributed by atoms with E-state index in [2.05, 4.69) is 17.2 Å². The molecule has 0 heterocycles. The summed E-state index contributed by atoms with van der Waals surface area (Å²) in [6, 6.07) is 18.1. The predicted octanol–water partition coefficient (Wildman–Crippen LogP) is 2.85. The molecule has 2 aromatic rings. The second kappa shape index (κ2) is 8.54. The van der Waals surface area contributed by atoms with Crippen LogP contribution in [0.2, 0.25) is 0 Å². The van der Waals surface area contributed by atoms with E-state index >= 15 is 0 Å². The van der Waals surface area contributed by atoms with Gasteiger partial charge in [-0.25, -0.2) is 0 Å². The summed E-state index contributed by atoms with van der Waals surface area (Å²) in [5.41, 5.74) is 1.46. The summed E-state index contributed by atoms with van der Waals surface area (Å²) in [5, 5.41) is 5.67. The zero-order chi connectivity index (χ0) is 16.5. The summed E-state index contributed by atoms with van der Waals surface area (Å²) >= 11 is 0. The van der Waals surface area contributed by atoms with Crippen LogP contribution in [0.5, 0.6) is 0 Å². The molecule has 23 heavy (non-hydrogen) atoms. The van der Waals surface area contributed by atoms with Crippen molar-refractivity contribution in [2.45, 2.75) is 12.5 Å². The van der Waals surface area contributed by atoms with Crippen molar-refractivity contribution in [3.8, 4) is 0 Å². The van der Waals surface area contributed by atoms with Gasteiger partial charge in [-0.15, -0.1) is 6.58 Å². The molecule has 1 atom stereocenters. The van der Waals surface area contributed by atoms with Gasteiger partial charge in [0.1, 0.15) is 0 Å². The SMILES string of the molecule is C=CCNC(=O)C[C@H](NC(=O)c1ccccc1)c1ccccc1. The molecule has 0 aromatic heterocycles. The van der Waals surface area contributed by atoms with E-state index in [1.54, 1.807) is 18.2 Å². The minimum absolute atomic E-state index is 0.132. The summed E-state index contributed by atoms with van der Waals surface area (Å²) in [6.07, 6.45) is 1.80. The van der Waals surface area contributed by atoms with Gasteiger partial charge in [0.2, 0.25) is 5.91 Å². The lowest BCUT2D eigenvalue weighted by Crippen LogP contribution is -2.33. The van der Waals surface area contributed by atoms with Crippen molar-refractivity contribution in [2.24, 2.45) is 0 Å². The summed E-state index contributed by atoms with van der Waals surface area (Å²) in [6.45, 7) is 3.98. The van der Waals surface area contributed by atoms with Gasteiger partial charge in [-0.3, -0.25) is 9.59 Å². The highest BCUT2D eigenvalue weighted by Crippen LogP contribution is 2.17. The average Bonchev–Trinajstić information content (AvgIpc) is 2.61. The van der Waals surface area contributed by atoms with Crippen LogP contribution in [0.25, 0.3) is 0 Å². The van der Waals surface area contributed by atoms with E-state index in [-0.39, 0.29) is 24.3 Å². The van der Waals surface area contributed by atoms with Crippen LogP contribution >= 0.6 is 0 Å². The van der Waals surface area contributed by atoms with Crippen LogP contribution in [-0.4, -0.2) is 18.4 Å². The van der Waals surface area contributed by atoms with E-state index in [0.29, 0.717) is 12.1 Å². The van der Waals surface area contributed by atoms with Crippen LogP contribution in [0, 0.1) is 0 Å². The molecule has 0 saturated heterocycles. The molecule has 0 aliphatic heterocycles. The Bertz CT molecular complexity index is 654. The topological polar surface area (TPSA) is 58.2 Å². The Morgan fingerprint density at radius 2 is 1.61 bits per heavy atom. The Labute approximate surface area is 136 Å². The quantitative estimate of drug-likeness (QED) is 0.773. The number of amides is 2. The number of hydrogen-bond donors (Lipinski definition) is 2. The van der Waals surface area contributed by atoms with Crippen LogP contribution in [0.15, 0.2) is 73.3 Å². The van der Waals surface area contributed by atoms with E-state index in [9.17, 15) is 9.59 Å². The number of hydrogen-bond acceptors (Lipinski definition) is 2. The van der Waals surface area contributed by atoms with E-state index in [1.807, 2.05) is 48.5 Å². The summed E-state index contributed by atoms with van der Waals surface area (Å²) in [4.78, 5) is 24.4. The maximum atomic E-state index is 12.4. The second-order valence-electron chi connectivity index (χ2n) is 5.10. The smallest absolute Gasteiger partial charge is 0.251 e. The number of rotatable bonds is 7. The van der Waals surface area contributed by atoms with Gasteiger partial charge in [-0.05, 0) is 17.7 Å². The standard InChI is InChI=1S/C19H20N2O2/c1-2-13-20-18(22)14-17(15-9-5-3-6-10-15)21-19(23)16-11-7-4-8-12-16/h2-12,17H,1,13-14H2,(H,20,22)(H,21,23)/t17-/m0/s1. The fourth-order valence-corrected chi connectivity index (χ4v) is 2.21. The van der Waals surface area contributed by atoms with Crippen molar-refractivity contribution in [1.82, 2.24) is 10.6 Å². The number of carbonyl (C=O) groups is 2. The first kappa shape index (κ1) is 16.5. The van der Waals surface area contributed by atoms with Crippen molar-refractivity contribution >= 4 is 11.8 Å². The van der Waals surface area contributed by atoms with Gasteiger partial charge in [-0.2, -0.15) is 0 Å². The lowest BCUT2D eigenvalue weighted by Gasteiger charge is -2.19. The molecule has 0 saturated carbocycles. The van der Waals surface area contributed by atoms with Gasteiger partial charge >= 0.3 is 0 Å². The van der Waals surface area contributed by atoms with Crippen LogP contribution in [-0.2, 0) is 4.79 Å². The molecule has 2 amide bonds. The van der Waals surface area contributed by atoms with E-state index in [0.717, 1.165) is 5.56 Å². The lowest BCUT2D eigenvalue weighted by molar-refractivity contribution is -0.121. The molecule has 0 aliphatic rings. The molecule has 2 rings (SSSR count). The van der Waals surface area contributed by atoms with Crippen molar-refractivity contribution in [3.05, 3.63) is 84.4 Å². The minimum Gasteiger partial charge on any atom is -0.353 e. The highest BCUT2D eigenvalue weighted by molar-refractivity contribution is 5.94. The van der Waals surface area contributed by atoms with Gasteiger partial charge in [-0.1, -0.05) is 54.6 Å². The highest BCUT2D eigenvalue weighted by atomic mass is 16.2. The Hall–Kier alpha value is -2.88. The molecule has 0 unspecified atom stereocenters. The maximum absolute atomic E-state index is 12.4. The first-order valence-corrected chi connectivity index (χ1v) is 7.49. The third-order valence-electron chi connectivity index (χ3n) is 3.38. The molecule has 118 valence electrons. The summed E-state index contributed by atoms with van der Waals surface area (Å²) in [5.74, 6) is -0.330. The van der Waals surface area contributed by atoms with E-state index < -0.39 is 0 Å². The molecule has 0 spiro atoms. The fourth-order valence-electron chi connectivity index (χ4n) is 2.21. The molecule has 0 fully saturated rings. The highest BCUT2D eigenvalue weighted by Gasteiger charge is 2.18. The van der Waals surface area contributed by atoms with Gasteiger partial charge in [0.25, 0.3) is 5.91 Å². The normalized spacial score (nSPS) is 11.3. The van der Waals surface area contributed by atoms with Crippen LogP contribution < -0.4 is 10.6 Å². The third kappa shape index (κ3) is 5.11. The Morgan fingerprint density at radius 3 is 2.22 bits per heavy atom. The van der Waals surface area contributed by atoms with Gasteiger partial charge in [0, 0.05) is 12.1 Å². The fraction of sp³-hybridized carbons (Fsp3) is 0.158. The second-order valence-corrected chi connectivity index (χ2v) is 5.10. The van der Waals surface area contributed by atoms with Crippen molar-refractivity contribution in [2.75, 3.05) is 6.54 Å². The van der Waals surface area contributed by atoms with Gasteiger partial charge < -0.3 is 10.6 Å². The predicted molar refractivity (Wildman–Crippen MR) is 90.9 cm³/mol. The molecule has 0 radical (unpaired) electrons. The molecular weight excluding hydrogens is 288 g/mol. The van der Waals surface area contributed by atoms with Crippen molar-refractivity contribution < 1.29 is 9.59 Å². The Kier molecular flexibility index (Phi) is 6.12. The van der Waals surface area contributed by atoms with E-state index in [4.69, 9.17) is 0 Å². The lowest BCUT2D eigenvalue weighted by atomic mass is 10.0. The monoisotopic (exact) mass is 308 g/mol. The van der Waals surface area contributed by atoms with Crippen molar-refractivity contribution in [1.29, 1.82) is 0 Å². The van der Waals surface area contributed by atoms with E-state index in [1.165, 1.54) is 0 Å². The van der Waals surface area contributed by atoms with Gasteiger partial charge in [0.05, 0.1) is 12.5 Å². The molecular formula is C19H20N2O2. The zero-order valence-electron chi connectivity index (χ0n) is 12.9. The summed E-state index contributed by atoms with van der Waals surface area (Å²) in [7, 11) is 0. The number of benzene rings is 2. The first-order chi connectivity index (χ1) is 11.2. The zero-order valence-corrected chi connectivity index (χ0v) is 12.9. The van der Waals surface area contributed by atoms with Gasteiger partial charge in [0.15, 0.2) is 0 Å². The number of carbonyl (C=O) groups excluding carboxylic acids is 2. The molecule has 0 aliphatic carbocycles. The van der Waals surface area contributed by atoms with Crippen LogP contribution in [0.3, 0.4) is 0 Å². The van der Waals surface area contributed by atoms with Crippen LogP contribution in [0.4, 0.5) is 0 Å². The molecule has 0 bridgehead atoms. The Morgan fingerprint density at radius 1 is 1.00 bits per heavy atom. The average molecular weight is 308 g/mol. The molecule has 2 aromatic carbocycles. The molecule has 4 heteroatoms. The minimum atomic E-state index is -0.381. The molecule has 2 N–H and O–H groups in total. The Balaban J connectivity index is 2.12. The third-order valence-corrected chi connectivity index (χ3v) is 3.38. The van der Waals surface area contributed by atoms with Crippen molar-refractivity contribution in [3.63, 3.8) is 0 Å².